The van der Waals surface area contributed by atoms with E-state index in [1.165, 1.54) is 17.7 Å². The van der Waals surface area contributed by atoms with Crippen LogP contribution < -0.4 is 9.47 Å². The van der Waals surface area contributed by atoms with E-state index in [9.17, 15) is 9.59 Å². The van der Waals surface area contributed by atoms with Crippen molar-refractivity contribution in [3.05, 3.63) is 23.8 Å². The molecule has 1 heterocycles. The Labute approximate surface area is 159 Å². The van der Waals surface area contributed by atoms with Crippen LogP contribution in [0.15, 0.2) is 18.2 Å². The highest BCUT2D eigenvalue weighted by Crippen LogP contribution is 2.35. The van der Waals surface area contributed by atoms with Crippen LogP contribution in [0.25, 0.3) is 0 Å². The van der Waals surface area contributed by atoms with E-state index in [1.54, 1.807) is 14.0 Å². The van der Waals surface area contributed by atoms with E-state index < -0.39 is 5.97 Å². The zero-order valence-electron chi connectivity index (χ0n) is 15.9. The van der Waals surface area contributed by atoms with Crippen LogP contribution in [-0.4, -0.2) is 56.3 Å². The van der Waals surface area contributed by atoms with Gasteiger partial charge in [-0.25, -0.2) is 0 Å². The highest BCUT2D eigenvalue weighted by Gasteiger charge is 2.30. The molecule has 2 aliphatic rings. The molecule has 0 radical (unpaired) electrons. The molecule has 1 aromatic carbocycles. The summed E-state index contributed by atoms with van der Waals surface area (Å²) in [5, 5.41) is 0. The van der Waals surface area contributed by atoms with Crippen molar-refractivity contribution >= 4 is 11.9 Å². The van der Waals surface area contributed by atoms with Crippen LogP contribution in [0.2, 0.25) is 0 Å². The first-order valence-electron chi connectivity index (χ1n) is 9.50. The molecule has 1 saturated heterocycles. The van der Waals surface area contributed by atoms with Crippen molar-refractivity contribution in [3.8, 4) is 11.5 Å². The number of methoxy groups -OCH3 is 1. The van der Waals surface area contributed by atoms with Crippen molar-refractivity contribution in [2.24, 2.45) is 0 Å². The molecule has 7 nitrogen and oxygen atoms in total. The predicted octanol–water partition coefficient (Wildman–Crippen LogP) is 2.48. The molecular formula is C20H27NO6. The minimum Gasteiger partial charge on any atom is -0.493 e. The predicted molar refractivity (Wildman–Crippen MR) is 97.8 cm³/mol. The molecule has 1 aliphatic carbocycles. The van der Waals surface area contributed by atoms with Crippen LogP contribution in [-0.2, 0) is 19.1 Å². The van der Waals surface area contributed by atoms with Crippen LogP contribution >= 0.6 is 0 Å². The average molecular weight is 377 g/mol. The van der Waals surface area contributed by atoms with Gasteiger partial charge in [0, 0.05) is 0 Å². The van der Waals surface area contributed by atoms with Crippen LogP contribution in [0.1, 0.15) is 44.3 Å². The lowest BCUT2D eigenvalue weighted by Gasteiger charge is -2.32. The normalized spacial score (nSPS) is 20.6. The molecule has 0 aromatic heterocycles. The first-order chi connectivity index (χ1) is 13.1. The van der Waals surface area contributed by atoms with Gasteiger partial charge < -0.3 is 23.8 Å². The topological polar surface area (TPSA) is 74.3 Å². The summed E-state index contributed by atoms with van der Waals surface area (Å²) in [4.78, 5) is 25.3. The molecule has 1 unspecified atom stereocenters. The second kappa shape index (κ2) is 9.08. The minimum atomic E-state index is -0.411. The van der Waals surface area contributed by atoms with E-state index in [4.69, 9.17) is 18.9 Å². The maximum atomic E-state index is 12.1. The first-order valence-corrected chi connectivity index (χ1v) is 9.50. The summed E-state index contributed by atoms with van der Waals surface area (Å²) in [6.45, 7) is 2.21. The number of hydrogen-bond acceptors (Lipinski definition) is 6. The fraction of sp³-hybridized carbons (Fsp3) is 0.600. The van der Waals surface area contributed by atoms with Gasteiger partial charge in [0.2, 0.25) is 5.91 Å². The minimum absolute atomic E-state index is 0.0606. The van der Waals surface area contributed by atoms with Crippen molar-refractivity contribution in [2.75, 3.05) is 33.4 Å². The number of amides is 1. The standard InChI is InChI=1S/C20H27NO6/c1-3-25-20(23)12-21-11-18(26-13-19(21)22)14-8-9-16(24-2)17(10-14)27-15-6-4-5-7-15/h8-10,15,18H,3-7,11-13H2,1-2H3. The van der Waals surface area contributed by atoms with Gasteiger partial charge in [-0.05, 0) is 50.3 Å². The summed E-state index contributed by atoms with van der Waals surface area (Å²) >= 11 is 0. The van der Waals surface area contributed by atoms with Gasteiger partial charge in [0.05, 0.1) is 26.4 Å². The second-order valence-electron chi connectivity index (χ2n) is 6.81. The van der Waals surface area contributed by atoms with Gasteiger partial charge in [-0.2, -0.15) is 0 Å². The molecule has 3 rings (SSSR count). The lowest BCUT2D eigenvalue weighted by atomic mass is 10.1. The number of morpholine rings is 1. The van der Waals surface area contributed by atoms with Gasteiger partial charge in [-0.1, -0.05) is 6.07 Å². The van der Waals surface area contributed by atoms with Crippen LogP contribution in [0.4, 0.5) is 0 Å². The Hall–Kier alpha value is -2.28. The summed E-state index contributed by atoms with van der Waals surface area (Å²) in [7, 11) is 1.62. The lowest BCUT2D eigenvalue weighted by molar-refractivity contribution is -0.158. The highest BCUT2D eigenvalue weighted by molar-refractivity contribution is 5.83. The van der Waals surface area contributed by atoms with Crippen molar-refractivity contribution in [1.29, 1.82) is 0 Å². The summed E-state index contributed by atoms with van der Waals surface area (Å²) in [6.07, 6.45) is 4.36. The average Bonchev–Trinajstić information content (AvgIpc) is 3.17. The third kappa shape index (κ3) is 4.91. The van der Waals surface area contributed by atoms with E-state index in [0.717, 1.165) is 18.4 Å². The van der Waals surface area contributed by atoms with Crippen LogP contribution in [0, 0.1) is 0 Å². The molecule has 27 heavy (non-hydrogen) atoms. The van der Waals surface area contributed by atoms with Crippen molar-refractivity contribution < 1.29 is 28.5 Å². The monoisotopic (exact) mass is 377 g/mol. The largest absolute Gasteiger partial charge is 0.493 e. The molecule has 1 saturated carbocycles. The Morgan fingerprint density at radius 2 is 2.04 bits per heavy atom. The van der Waals surface area contributed by atoms with Gasteiger partial charge in [0.1, 0.15) is 19.3 Å². The van der Waals surface area contributed by atoms with E-state index in [-0.39, 0.29) is 31.3 Å². The molecule has 2 fully saturated rings. The smallest absolute Gasteiger partial charge is 0.325 e. The Morgan fingerprint density at radius 1 is 1.26 bits per heavy atom. The maximum Gasteiger partial charge on any atom is 0.325 e. The molecule has 0 N–H and O–H groups in total. The molecule has 1 aromatic rings. The number of carbonyl (C=O) groups is 2. The first kappa shape index (κ1) is 19.5. The van der Waals surface area contributed by atoms with Gasteiger partial charge in [-0.3, -0.25) is 9.59 Å². The maximum absolute atomic E-state index is 12.1. The Balaban J connectivity index is 1.72. The Morgan fingerprint density at radius 3 is 2.74 bits per heavy atom. The van der Waals surface area contributed by atoms with Crippen molar-refractivity contribution in [1.82, 2.24) is 4.90 Å². The molecule has 0 spiro atoms. The molecule has 1 amide bonds. The number of rotatable bonds is 7. The summed E-state index contributed by atoms with van der Waals surface area (Å²) in [6, 6.07) is 5.68. The number of carbonyl (C=O) groups excluding carboxylic acids is 2. The number of benzene rings is 1. The Kier molecular flexibility index (Phi) is 6.55. The van der Waals surface area contributed by atoms with E-state index in [2.05, 4.69) is 0 Å². The number of ether oxygens (including phenoxy) is 4. The van der Waals surface area contributed by atoms with E-state index >= 15 is 0 Å². The van der Waals surface area contributed by atoms with Crippen molar-refractivity contribution in [2.45, 2.75) is 44.8 Å². The zero-order valence-corrected chi connectivity index (χ0v) is 15.9. The number of hydrogen-bond donors (Lipinski definition) is 0. The van der Waals surface area contributed by atoms with Crippen LogP contribution in [0.5, 0.6) is 11.5 Å². The van der Waals surface area contributed by atoms with E-state index in [0.29, 0.717) is 24.7 Å². The quantitative estimate of drug-likeness (QED) is 0.680. The SMILES string of the molecule is CCOC(=O)CN1CC(c2ccc(OC)c(OC3CCCC3)c2)OCC1=O. The lowest BCUT2D eigenvalue weighted by Crippen LogP contribution is -2.45. The molecule has 1 atom stereocenters. The fourth-order valence-electron chi connectivity index (χ4n) is 3.51. The molecule has 0 bridgehead atoms. The summed E-state index contributed by atoms with van der Waals surface area (Å²) < 4.78 is 22.2. The molecule has 7 heteroatoms. The van der Waals surface area contributed by atoms with Crippen LogP contribution in [0.3, 0.4) is 0 Å². The number of esters is 1. The Bertz CT molecular complexity index is 670. The molecule has 1 aliphatic heterocycles. The van der Waals surface area contributed by atoms with Gasteiger partial charge >= 0.3 is 5.97 Å². The van der Waals surface area contributed by atoms with Gasteiger partial charge in [0.25, 0.3) is 0 Å². The van der Waals surface area contributed by atoms with Gasteiger partial charge in [0.15, 0.2) is 11.5 Å². The summed E-state index contributed by atoms with van der Waals surface area (Å²) in [5.41, 5.74) is 0.894. The molecule has 148 valence electrons. The molecular weight excluding hydrogens is 350 g/mol. The fourth-order valence-corrected chi connectivity index (χ4v) is 3.51. The highest BCUT2D eigenvalue weighted by atomic mass is 16.5. The van der Waals surface area contributed by atoms with E-state index in [1.807, 2.05) is 18.2 Å². The zero-order chi connectivity index (χ0) is 19.2. The number of nitrogens with zero attached hydrogens (tertiary/aromatic N) is 1. The summed E-state index contributed by atoms with van der Waals surface area (Å²) in [5.74, 6) is 0.752. The van der Waals surface area contributed by atoms with Gasteiger partial charge in [-0.15, -0.1) is 0 Å². The van der Waals surface area contributed by atoms with Crippen molar-refractivity contribution in [3.63, 3.8) is 0 Å². The third-order valence-corrected chi connectivity index (χ3v) is 4.93. The second-order valence-corrected chi connectivity index (χ2v) is 6.81. The third-order valence-electron chi connectivity index (χ3n) is 4.93.